The minimum absolute atomic E-state index is 0.103. The van der Waals surface area contributed by atoms with Gasteiger partial charge in [-0.15, -0.1) is 0 Å². The molecule has 2 amide bonds. The smallest absolute Gasteiger partial charge is 0.228 e. The van der Waals surface area contributed by atoms with E-state index in [1.807, 2.05) is 13.0 Å². The van der Waals surface area contributed by atoms with Gasteiger partial charge in [0.1, 0.15) is 5.75 Å². The maximum absolute atomic E-state index is 12.6. The van der Waals surface area contributed by atoms with Crippen molar-refractivity contribution in [3.63, 3.8) is 0 Å². The summed E-state index contributed by atoms with van der Waals surface area (Å²) in [5, 5.41) is 5.60. The van der Waals surface area contributed by atoms with Gasteiger partial charge >= 0.3 is 0 Å². The second-order valence-corrected chi connectivity index (χ2v) is 5.60. The number of anilines is 1. The zero-order chi connectivity index (χ0) is 17.1. The molecule has 1 atom stereocenters. The van der Waals surface area contributed by atoms with Gasteiger partial charge in [0.05, 0.1) is 42.8 Å². The van der Waals surface area contributed by atoms with Crippen LogP contribution < -0.4 is 15.4 Å². The Balaban J connectivity index is 1.78. The zero-order valence-corrected chi connectivity index (χ0v) is 13.5. The zero-order valence-electron chi connectivity index (χ0n) is 13.5. The summed E-state index contributed by atoms with van der Waals surface area (Å²) >= 11 is 0. The molecule has 1 unspecified atom stereocenters. The molecule has 1 aromatic carbocycles. The van der Waals surface area contributed by atoms with Crippen molar-refractivity contribution in [1.82, 2.24) is 15.3 Å². The normalized spacial score (nSPS) is 16.1. The number of aromatic nitrogens is 2. The Morgan fingerprint density at radius 2 is 2.21 bits per heavy atom. The van der Waals surface area contributed by atoms with Crippen LogP contribution in [-0.4, -0.2) is 28.9 Å². The van der Waals surface area contributed by atoms with E-state index in [0.29, 0.717) is 17.1 Å². The minimum Gasteiger partial charge on any atom is -0.495 e. The Hall–Kier alpha value is -2.96. The van der Waals surface area contributed by atoms with Crippen LogP contribution in [0, 0.1) is 6.92 Å². The molecule has 124 valence electrons. The summed E-state index contributed by atoms with van der Waals surface area (Å²) < 4.78 is 5.26. The molecule has 0 saturated carbocycles. The Morgan fingerprint density at radius 1 is 1.38 bits per heavy atom. The lowest BCUT2D eigenvalue weighted by Crippen LogP contribution is -2.35. The van der Waals surface area contributed by atoms with Crippen LogP contribution in [0.25, 0.3) is 0 Å². The van der Waals surface area contributed by atoms with Crippen molar-refractivity contribution >= 4 is 17.5 Å². The van der Waals surface area contributed by atoms with Crippen molar-refractivity contribution in [3.05, 3.63) is 47.5 Å². The van der Waals surface area contributed by atoms with Crippen molar-refractivity contribution in [2.24, 2.45) is 0 Å². The summed E-state index contributed by atoms with van der Waals surface area (Å²) in [6.45, 7) is 2.11. The summed E-state index contributed by atoms with van der Waals surface area (Å²) in [4.78, 5) is 32.9. The first kappa shape index (κ1) is 15.9. The number of nitrogens with one attached hydrogen (secondary N) is 2. The fraction of sp³-hybridized carbons (Fsp3) is 0.294. The average molecular weight is 326 g/mol. The second kappa shape index (κ2) is 6.66. The van der Waals surface area contributed by atoms with Gasteiger partial charge in [0.15, 0.2) is 0 Å². The summed E-state index contributed by atoms with van der Waals surface area (Å²) in [6.07, 6.45) is 3.38. The summed E-state index contributed by atoms with van der Waals surface area (Å²) in [5.41, 5.74) is 2.79. The van der Waals surface area contributed by atoms with Crippen molar-refractivity contribution < 1.29 is 14.3 Å². The molecule has 0 aliphatic carbocycles. The molecular weight excluding hydrogens is 308 g/mol. The Labute approximate surface area is 139 Å². The van der Waals surface area contributed by atoms with Crippen LogP contribution >= 0.6 is 0 Å². The number of ether oxygens (including phenoxy) is 1. The maximum atomic E-state index is 12.6. The lowest BCUT2D eigenvalue weighted by Gasteiger charge is -2.26. The van der Waals surface area contributed by atoms with Crippen LogP contribution in [0.4, 0.5) is 5.69 Å². The number of methoxy groups -OCH3 is 1. The van der Waals surface area contributed by atoms with Crippen LogP contribution in [-0.2, 0) is 16.1 Å². The topological polar surface area (TPSA) is 93.2 Å². The number of hydrogen-bond acceptors (Lipinski definition) is 5. The monoisotopic (exact) mass is 326 g/mol. The van der Waals surface area contributed by atoms with E-state index in [9.17, 15) is 9.59 Å². The molecule has 0 saturated heterocycles. The number of carbonyl (C=O) groups is 2. The molecule has 1 aliphatic rings. The third-order valence-electron chi connectivity index (χ3n) is 3.90. The predicted octanol–water partition coefficient (Wildman–Crippen LogP) is 1.54. The minimum atomic E-state index is -0.553. The van der Waals surface area contributed by atoms with Gasteiger partial charge in [-0.05, 0) is 18.6 Å². The molecule has 0 radical (unpaired) electrons. The lowest BCUT2D eigenvalue weighted by atomic mass is 9.89. The molecule has 0 fully saturated rings. The van der Waals surface area contributed by atoms with E-state index in [1.54, 1.807) is 24.5 Å². The van der Waals surface area contributed by atoms with E-state index in [1.165, 1.54) is 7.11 Å². The number of hydrogen-bond donors (Lipinski definition) is 2. The largest absolute Gasteiger partial charge is 0.495 e. The van der Waals surface area contributed by atoms with Crippen molar-refractivity contribution in [1.29, 1.82) is 0 Å². The van der Waals surface area contributed by atoms with E-state index < -0.39 is 5.92 Å². The SMILES string of the molecule is COc1cccc2c1NC(=O)CC2C(=O)NCc1cnc(C)cn1. The number of aryl methyl sites for hydroxylation is 1. The van der Waals surface area contributed by atoms with E-state index in [4.69, 9.17) is 4.74 Å². The third kappa shape index (κ3) is 3.19. The molecule has 1 aliphatic heterocycles. The number of para-hydroxylation sites is 1. The van der Waals surface area contributed by atoms with E-state index in [0.717, 1.165) is 11.3 Å². The van der Waals surface area contributed by atoms with Crippen molar-refractivity contribution in [2.75, 3.05) is 12.4 Å². The summed E-state index contributed by atoms with van der Waals surface area (Å²) in [7, 11) is 1.53. The summed E-state index contributed by atoms with van der Waals surface area (Å²) in [6, 6.07) is 5.38. The van der Waals surface area contributed by atoms with Crippen molar-refractivity contribution in [3.8, 4) is 5.75 Å². The Bertz CT molecular complexity index is 774. The highest BCUT2D eigenvalue weighted by atomic mass is 16.5. The van der Waals surface area contributed by atoms with Crippen molar-refractivity contribution in [2.45, 2.75) is 25.8 Å². The number of amides is 2. The number of rotatable bonds is 4. The molecule has 2 aromatic rings. The molecule has 24 heavy (non-hydrogen) atoms. The van der Waals surface area contributed by atoms with Gasteiger partial charge in [-0.25, -0.2) is 0 Å². The van der Waals surface area contributed by atoms with Gasteiger partial charge in [0, 0.05) is 12.6 Å². The highest BCUT2D eigenvalue weighted by Gasteiger charge is 2.32. The first-order valence-electron chi connectivity index (χ1n) is 7.60. The van der Waals surface area contributed by atoms with Gasteiger partial charge in [-0.2, -0.15) is 0 Å². The molecule has 1 aromatic heterocycles. The van der Waals surface area contributed by atoms with E-state index in [2.05, 4.69) is 20.6 Å². The molecule has 3 rings (SSSR count). The first-order chi connectivity index (χ1) is 11.6. The number of fused-ring (bicyclic) bond motifs is 1. The molecule has 0 bridgehead atoms. The highest BCUT2D eigenvalue weighted by molar-refractivity contribution is 6.02. The fourth-order valence-corrected chi connectivity index (χ4v) is 2.67. The number of benzene rings is 1. The van der Waals surface area contributed by atoms with Gasteiger partial charge < -0.3 is 15.4 Å². The molecule has 2 N–H and O–H groups in total. The van der Waals surface area contributed by atoms with Crippen LogP contribution in [0.3, 0.4) is 0 Å². The number of nitrogens with zero attached hydrogens (tertiary/aromatic N) is 2. The third-order valence-corrected chi connectivity index (χ3v) is 3.90. The molecular formula is C17H18N4O3. The average Bonchev–Trinajstić information content (AvgIpc) is 2.59. The number of carbonyl (C=O) groups excluding carboxylic acids is 2. The van der Waals surface area contributed by atoms with E-state index >= 15 is 0 Å². The standard InChI is InChI=1S/C17H18N4O3/c1-10-7-19-11(8-18-10)9-20-17(23)13-6-15(22)21-16-12(13)4-3-5-14(16)24-2/h3-5,7-8,13H,6,9H2,1-2H3,(H,20,23)(H,21,22). The van der Waals surface area contributed by atoms with E-state index in [-0.39, 0.29) is 24.8 Å². The first-order valence-corrected chi connectivity index (χ1v) is 7.60. The molecule has 0 spiro atoms. The van der Waals surface area contributed by atoms with Crippen LogP contribution in [0.1, 0.15) is 29.3 Å². The van der Waals surface area contributed by atoms with Gasteiger partial charge in [0.2, 0.25) is 11.8 Å². The van der Waals surface area contributed by atoms with Crippen LogP contribution in [0.15, 0.2) is 30.6 Å². The molecule has 2 heterocycles. The molecule has 7 nitrogen and oxygen atoms in total. The second-order valence-electron chi connectivity index (χ2n) is 5.60. The predicted molar refractivity (Wildman–Crippen MR) is 87.6 cm³/mol. The fourth-order valence-electron chi connectivity index (χ4n) is 2.67. The Kier molecular flexibility index (Phi) is 4.41. The highest BCUT2D eigenvalue weighted by Crippen LogP contribution is 2.38. The molecule has 7 heteroatoms. The van der Waals surface area contributed by atoms with Gasteiger partial charge in [-0.3, -0.25) is 19.6 Å². The van der Waals surface area contributed by atoms with Gasteiger partial charge in [-0.1, -0.05) is 12.1 Å². The summed E-state index contributed by atoms with van der Waals surface area (Å²) in [5.74, 6) is -0.436. The maximum Gasteiger partial charge on any atom is 0.228 e. The van der Waals surface area contributed by atoms with Gasteiger partial charge in [0.25, 0.3) is 0 Å². The lowest BCUT2D eigenvalue weighted by molar-refractivity contribution is -0.126. The Morgan fingerprint density at radius 3 is 2.92 bits per heavy atom. The van der Waals surface area contributed by atoms with Crippen LogP contribution in [0.5, 0.6) is 5.75 Å². The van der Waals surface area contributed by atoms with Crippen LogP contribution in [0.2, 0.25) is 0 Å². The quantitative estimate of drug-likeness (QED) is 0.889.